The van der Waals surface area contributed by atoms with Crippen LogP contribution in [0.5, 0.6) is 11.5 Å². The second-order valence-electron chi connectivity index (χ2n) is 9.29. The van der Waals surface area contributed by atoms with E-state index in [1.807, 2.05) is 0 Å². The molecular weight excluding hydrogens is 449 g/mol. The van der Waals surface area contributed by atoms with Crippen LogP contribution in [0.3, 0.4) is 0 Å². The van der Waals surface area contributed by atoms with Crippen molar-refractivity contribution in [3.05, 3.63) is 95.8 Å². The number of hydrogen-bond donors (Lipinski definition) is 0. The Kier molecular flexibility index (Phi) is 8.17. The molecule has 4 rings (SSSR count). The van der Waals surface area contributed by atoms with Gasteiger partial charge in [0, 0.05) is 11.6 Å². The van der Waals surface area contributed by atoms with Crippen LogP contribution in [0.2, 0.25) is 0 Å². The van der Waals surface area contributed by atoms with E-state index >= 15 is 0 Å². The van der Waals surface area contributed by atoms with E-state index in [2.05, 4.69) is 13.5 Å². The average molecular weight is 481 g/mol. The Balaban J connectivity index is 1.39. The van der Waals surface area contributed by atoms with Crippen molar-refractivity contribution < 1.29 is 22.6 Å². The van der Waals surface area contributed by atoms with Gasteiger partial charge in [0.1, 0.15) is 12.4 Å². The van der Waals surface area contributed by atoms with E-state index in [1.54, 1.807) is 48.5 Å². The zero-order chi connectivity index (χ0) is 24.8. The molecule has 0 radical (unpaired) electrons. The van der Waals surface area contributed by atoms with E-state index < -0.39 is 17.5 Å². The Bertz CT molecular complexity index is 1150. The van der Waals surface area contributed by atoms with Gasteiger partial charge >= 0.3 is 0 Å². The van der Waals surface area contributed by atoms with Crippen LogP contribution in [0, 0.1) is 23.4 Å². The third-order valence-electron chi connectivity index (χ3n) is 6.72. The number of benzene rings is 3. The molecule has 184 valence electrons. The van der Waals surface area contributed by atoms with Crippen LogP contribution in [0.15, 0.2) is 67.3 Å². The molecule has 1 aliphatic rings. The summed E-state index contributed by atoms with van der Waals surface area (Å²) in [5.41, 5.74) is 2.17. The molecule has 0 spiro atoms. The molecule has 5 heteroatoms. The van der Waals surface area contributed by atoms with Crippen LogP contribution in [0.25, 0.3) is 11.1 Å². The Morgan fingerprint density at radius 2 is 1.63 bits per heavy atom. The lowest BCUT2D eigenvalue weighted by Gasteiger charge is -2.27. The smallest absolute Gasteiger partial charge is 0.168 e. The molecule has 3 aromatic carbocycles. The Labute approximate surface area is 205 Å². The van der Waals surface area contributed by atoms with Crippen molar-refractivity contribution in [2.24, 2.45) is 5.92 Å². The summed E-state index contributed by atoms with van der Waals surface area (Å²) >= 11 is 0. The lowest BCUT2D eigenvalue weighted by molar-refractivity contribution is 0.293. The predicted molar refractivity (Wildman–Crippen MR) is 133 cm³/mol. The SMILES string of the molecule is C=CCCOc1ccc(OCc2ccc(-c3ccc(C4CCC(C)CC4)c(F)c3F)cc2)cc1F. The van der Waals surface area contributed by atoms with E-state index in [1.165, 1.54) is 12.1 Å². The number of halogens is 3. The molecule has 0 amide bonds. The third kappa shape index (κ3) is 6.08. The van der Waals surface area contributed by atoms with Gasteiger partial charge in [-0.15, -0.1) is 6.58 Å². The summed E-state index contributed by atoms with van der Waals surface area (Å²) in [5, 5.41) is 0. The molecule has 0 heterocycles. The van der Waals surface area contributed by atoms with Crippen LogP contribution in [-0.4, -0.2) is 6.61 Å². The first kappa shape index (κ1) is 24.9. The highest BCUT2D eigenvalue weighted by Gasteiger charge is 2.25. The fourth-order valence-electron chi connectivity index (χ4n) is 4.56. The Morgan fingerprint density at radius 3 is 2.31 bits per heavy atom. The molecule has 1 saturated carbocycles. The highest BCUT2D eigenvalue weighted by Crippen LogP contribution is 2.38. The standard InChI is InChI=1S/C30H31F3O2/c1-3-4-17-34-28-16-13-24(18-27(28)31)35-19-21-7-11-23(12-8-21)26-15-14-25(29(32)30(26)33)22-9-5-20(2)6-10-22/h3,7-8,11-16,18,20,22H,1,4-6,9-10,17,19H2,2H3. The normalized spacial score (nSPS) is 17.7. The molecule has 3 aromatic rings. The van der Waals surface area contributed by atoms with Crippen LogP contribution in [0.4, 0.5) is 13.2 Å². The second-order valence-corrected chi connectivity index (χ2v) is 9.29. The van der Waals surface area contributed by atoms with Crippen molar-refractivity contribution in [3.8, 4) is 22.6 Å². The predicted octanol–water partition coefficient (Wildman–Crippen LogP) is 8.60. The van der Waals surface area contributed by atoms with Crippen molar-refractivity contribution in [2.75, 3.05) is 6.61 Å². The number of rotatable bonds is 9. The zero-order valence-electron chi connectivity index (χ0n) is 20.0. The summed E-state index contributed by atoms with van der Waals surface area (Å²) in [6, 6.07) is 15.0. The van der Waals surface area contributed by atoms with Gasteiger partial charge in [-0.05, 0) is 59.9 Å². The van der Waals surface area contributed by atoms with Crippen LogP contribution in [0.1, 0.15) is 56.1 Å². The van der Waals surface area contributed by atoms with Gasteiger partial charge in [0.2, 0.25) is 0 Å². The minimum atomic E-state index is -0.795. The molecule has 2 nitrogen and oxygen atoms in total. The minimum absolute atomic E-state index is 0.0897. The molecule has 0 aromatic heterocycles. The molecular formula is C30H31F3O2. The summed E-state index contributed by atoms with van der Waals surface area (Å²) in [6.45, 7) is 6.39. The van der Waals surface area contributed by atoms with Crippen molar-refractivity contribution >= 4 is 0 Å². The first-order valence-electron chi connectivity index (χ1n) is 12.2. The molecule has 0 bridgehead atoms. The largest absolute Gasteiger partial charge is 0.490 e. The minimum Gasteiger partial charge on any atom is -0.490 e. The second kappa shape index (κ2) is 11.5. The van der Waals surface area contributed by atoms with Crippen molar-refractivity contribution in [1.29, 1.82) is 0 Å². The number of hydrogen-bond acceptors (Lipinski definition) is 2. The van der Waals surface area contributed by atoms with Crippen molar-refractivity contribution in [1.82, 2.24) is 0 Å². The quantitative estimate of drug-likeness (QED) is 0.225. The molecule has 35 heavy (non-hydrogen) atoms. The molecule has 1 aliphatic carbocycles. The first-order valence-corrected chi connectivity index (χ1v) is 12.2. The summed E-state index contributed by atoms with van der Waals surface area (Å²) in [7, 11) is 0. The highest BCUT2D eigenvalue weighted by atomic mass is 19.2. The molecule has 1 fully saturated rings. The van der Waals surface area contributed by atoms with Crippen molar-refractivity contribution in [3.63, 3.8) is 0 Å². The highest BCUT2D eigenvalue weighted by molar-refractivity contribution is 5.65. The maximum atomic E-state index is 15.0. The van der Waals surface area contributed by atoms with Crippen LogP contribution >= 0.6 is 0 Å². The van der Waals surface area contributed by atoms with E-state index in [-0.39, 0.29) is 23.8 Å². The fraction of sp³-hybridized carbons (Fsp3) is 0.333. The Hall–Kier alpha value is -3.21. The number of ether oxygens (including phenoxy) is 2. The zero-order valence-corrected chi connectivity index (χ0v) is 20.0. The van der Waals surface area contributed by atoms with Gasteiger partial charge in [-0.1, -0.05) is 62.2 Å². The fourth-order valence-corrected chi connectivity index (χ4v) is 4.56. The van der Waals surface area contributed by atoms with Gasteiger partial charge in [0.15, 0.2) is 23.2 Å². The van der Waals surface area contributed by atoms with Crippen molar-refractivity contribution in [2.45, 2.75) is 51.6 Å². The van der Waals surface area contributed by atoms with Gasteiger partial charge in [0.05, 0.1) is 6.61 Å². The van der Waals surface area contributed by atoms with Gasteiger partial charge in [-0.2, -0.15) is 0 Å². The molecule has 0 N–H and O–H groups in total. The maximum absolute atomic E-state index is 15.0. The monoisotopic (exact) mass is 480 g/mol. The van der Waals surface area contributed by atoms with Crippen LogP contribution < -0.4 is 9.47 Å². The average Bonchev–Trinajstić information content (AvgIpc) is 2.87. The lowest BCUT2D eigenvalue weighted by Crippen LogP contribution is -2.13. The molecule has 0 atom stereocenters. The van der Waals surface area contributed by atoms with Gasteiger partial charge in [-0.3, -0.25) is 0 Å². The first-order chi connectivity index (χ1) is 17.0. The molecule has 0 saturated heterocycles. The molecule has 0 aliphatic heterocycles. The topological polar surface area (TPSA) is 18.5 Å². The molecule has 0 unspecified atom stereocenters. The summed E-state index contributed by atoms with van der Waals surface area (Å²) in [4.78, 5) is 0. The Morgan fingerprint density at radius 1 is 0.886 bits per heavy atom. The van der Waals surface area contributed by atoms with Crippen LogP contribution in [-0.2, 0) is 6.61 Å². The summed E-state index contributed by atoms with van der Waals surface area (Å²) in [5.74, 6) is -0.729. The lowest BCUT2D eigenvalue weighted by atomic mass is 9.79. The van der Waals surface area contributed by atoms with E-state index in [0.717, 1.165) is 31.2 Å². The van der Waals surface area contributed by atoms with Gasteiger partial charge in [-0.25, -0.2) is 13.2 Å². The van der Waals surface area contributed by atoms with E-state index in [0.29, 0.717) is 35.8 Å². The van der Waals surface area contributed by atoms with E-state index in [9.17, 15) is 13.2 Å². The summed E-state index contributed by atoms with van der Waals surface area (Å²) < 4.78 is 55.1. The van der Waals surface area contributed by atoms with Gasteiger partial charge in [0.25, 0.3) is 0 Å². The maximum Gasteiger partial charge on any atom is 0.168 e. The van der Waals surface area contributed by atoms with E-state index in [4.69, 9.17) is 9.47 Å². The summed E-state index contributed by atoms with van der Waals surface area (Å²) in [6.07, 6.45) is 6.25. The van der Waals surface area contributed by atoms with Gasteiger partial charge < -0.3 is 9.47 Å². The third-order valence-corrected chi connectivity index (χ3v) is 6.72.